The van der Waals surface area contributed by atoms with E-state index in [0.717, 1.165) is 51.6 Å². The fourth-order valence-corrected chi connectivity index (χ4v) is 3.03. The summed E-state index contributed by atoms with van der Waals surface area (Å²) in [4.78, 5) is 12.4. The quantitative estimate of drug-likeness (QED) is 0.810. The van der Waals surface area contributed by atoms with Gasteiger partial charge >= 0.3 is 0 Å². The van der Waals surface area contributed by atoms with Crippen LogP contribution in [0.4, 0.5) is 0 Å². The van der Waals surface area contributed by atoms with Gasteiger partial charge in [0.05, 0.1) is 0 Å². The molecule has 21 heavy (non-hydrogen) atoms. The molecule has 1 aliphatic rings. The summed E-state index contributed by atoms with van der Waals surface area (Å²) >= 11 is 0. The molecule has 1 unspecified atom stereocenters. The second-order valence-corrected chi connectivity index (χ2v) is 6.04. The SMILES string of the molecule is CCCC(CCc1ccccc1)NC(=O)C1CCNCC1. The number of hydrogen-bond acceptors (Lipinski definition) is 2. The Kier molecular flexibility index (Phi) is 6.74. The van der Waals surface area contributed by atoms with Crippen LogP contribution in [0, 0.1) is 5.92 Å². The molecule has 0 radical (unpaired) electrons. The molecule has 2 N–H and O–H groups in total. The molecule has 0 aliphatic carbocycles. The minimum atomic E-state index is 0.210. The third-order valence-electron chi connectivity index (χ3n) is 4.32. The standard InChI is InChI=1S/C18H28N2O/c1-2-6-17(10-9-15-7-4-3-5-8-15)20-18(21)16-11-13-19-14-12-16/h3-5,7-8,16-17,19H,2,6,9-14H2,1H3,(H,20,21). The maximum absolute atomic E-state index is 12.4. The molecule has 1 heterocycles. The van der Waals surface area contributed by atoms with E-state index in [1.165, 1.54) is 5.56 Å². The predicted octanol–water partition coefficient (Wildman–Crippen LogP) is 2.90. The molecular weight excluding hydrogens is 260 g/mol. The number of aryl methyl sites for hydroxylation is 1. The van der Waals surface area contributed by atoms with Crippen LogP contribution in [0.1, 0.15) is 44.6 Å². The number of benzene rings is 1. The molecule has 116 valence electrons. The lowest BCUT2D eigenvalue weighted by molar-refractivity contribution is -0.126. The number of hydrogen-bond donors (Lipinski definition) is 2. The van der Waals surface area contributed by atoms with Gasteiger partial charge in [0.15, 0.2) is 0 Å². The first-order chi connectivity index (χ1) is 10.3. The van der Waals surface area contributed by atoms with Gasteiger partial charge in [-0.2, -0.15) is 0 Å². The Morgan fingerprint density at radius 3 is 2.62 bits per heavy atom. The highest BCUT2D eigenvalue weighted by molar-refractivity contribution is 5.79. The molecule has 1 aliphatic heterocycles. The van der Waals surface area contributed by atoms with E-state index in [2.05, 4.69) is 41.8 Å². The third-order valence-corrected chi connectivity index (χ3v) is 4.32. The number of rotatable bonds is 7. The van der Waals surface area contributed by atoms with Crippen LogP contribution in [0.3, 0.4) is 0 Å². The van der Waals surface area contributed by atoms with Crippen LogP contribution in [0.25, 0.3) is 0 Å². The van der Waals surface area contributed by atoms with Gasteiger partial charge in [0.25, 0.3) is 0 Å². The summed E-state index contributed by atoms with van der Waals surface area (Å²) in [6, 6.07) is 10.9. The van der Waals surface area contributed by atoms with E-state index in [1.807, 2.05) is 6.07 Å². The van der Waals surface area contributed by atoms with Crippen molar-refractivity contribution in [2.45, 2.75) is 51.5 Å². The van der Waals surface area contributed by atoms with Gasteiger partial charge in [-0.3, -0.25) is 4.79 Å². The molecule has 1 atom stereocenters. The van der Waals surface area contributed by atoms with E-state index >= 15 is 0 Å². The smallest absolute Gasteiger partial charge is 0.223 e. The van der Waals surface area contributed by atoms with E-state index in [4.69, 9.17) is 0 Å². The fourth-order valence-electron chi connectivity index (χ4n) is 3.03. The van der Waals surface area contributed by atoms with Gasteiger partial charge in [0.2, 0.25) is 5.91 Å². The van der Waals surface area contributed by atoms with Crippen LogP contribution in [0.5, 0.6) is 0 Å². The second-order valence-electron chi connectivity index (χ2n) is 6.04. The van der Waals surface area contributed by atoms with Crippen molar-refractivity contribution < 1.29 is 4.79 Å². The summed E-state index contributed by atoms with van der Waals surface area (Å²) in [5, 5.41) is 6.61. The van der Waals surface area contributed by atoms with Crippen molar-refractivity contribution in [1.82, 2.24) is 10.6 Å². The molecule has 0 bridgehead atoms. The number of carbonyl (C=O) groups is 1. The minimum Gasteiger partial charge on any atom is -0.353 e. The summed E-state index contributed by atoms with van der Waals surface area (Å²) in [7, 11) is 0. The molecule has 0 spiro atoms. The summed E-state index contributed by atoms with van der Waals surface area (Å²) in [5.74, 6) is 0.477. The van der Waals surface area contributed by atoms with E-state index in [9.17, 15) is 4.79 Å². The van der Waals surface area contributed by atoms with Crippen molar-refractivity contribution in [3.05, 3.63) is 35.9 Å². The first-order valence-corrected chi connectivity index (χ1v) is 8.34. The van der Waals surface area contributed by atoms with Crippen LogP contribution in [0.2, 0.25) is 0 Å². The monoisotopic (exact) mass is 288 g/mol. The van der Waals surface area contributed by atoms with Gasteiger partial charge in [-0.25, -0.2) is 0 Å². The zero-order chi connectivity index (χ0) is 14.9. The average molecular weight is 288 g/mol. The lowest BCUT2D eigenvalue weighted by atomic mass is 9.95. The Bertz CT molecular complexity index is 412. The molecule has 0 saturated carbocycles. The van der Waals surface area contributed by atoms with Crippen molar-refractivity contribution in [1.29, 1.82) is 0 Å². The first-order valence-electron chi connectivity index (χ1n) is 8.34. The second kappa shape index (κ2) is 8.83. The van der Waals surface area contributed by atoms with E-state index in [-0.39, 0.29) is 11.8 Å². The highest BCUT2D eigenvalue weighted by Gasteiger charge is 2.22. The largest absolute Gasteiger partial charge is 0.353 e. The maximum Gasteiger partial charge on any atom is 0.223 e. The third kappa shape index (κ3) is 5.50. The van der Waals surface area contributed by atoms with Crippen molar-refractivity contribution >= 4 is 5.91 Å². The lowest BCUT2D eigenvalue weighted by Crippen LogP contribution is -2.42. The number of carbonyl (C=O) groups excluding carboxylic acids is 1. The van der Waals surface area contributed by atoms with Crippen LogP contribution in [-0.2, 0) is 11.2 Å². The zero-order valence-electron chi connectivity index (χ0n) is 13.1. The van der Waals surface area contributed by atoms with Gasteiger partial charge in [-0.1, -0.05) is 43.7 Å². The van der Waals surface area contributed by atoms with Gasteiger partial charge in [0.1, 0.15) is 0 Å². The molecule has 0 aromatic heterocycles. The molecule has 1 amide bonds. The first kappa shape index (κ1) is 16.0. The minimum absolute atomic E-state index is 0.210. The van der Waals surface area contributed by atoms with Crippen LogP contribution in [0.15, 0.2) is 30.3 Å². The Labute approximate surface area is 128 Å². The van der Waals surface area contributed by atoms with Crippen molar-refractivity contribution in [2.75, 3.05) is 13.1 Å². The average Bonchev–Trinajstić information content (AvgIpc) is 2.54. The highest BCUT2D eigenvalue weighted by atomic mass is 16.1. The van der Waals surface area contributed by atoms with Crippen LogP contribution >= 0.6 is 0 Å². The molecule has 3 nitrogen and oxygen atoms in total. The zero-order valence-corrected chi connectivity index (χ0v) is 13.1. The summed E-state index contributed by atoms with van der Waals surface area (Å²) in [6.07, 6.45) is 6.22. The molecule has 2 rings (SSSR count). The molecule has 1 saturated heterocycles. The Hall–Kier alpha value is -1.35. The van der Waals surface area contributed by atoms with Gasteiger partial charge < -0.3 is 10.6 Å². The number of piperidine rings is 1. The van der Waals surface area contributed by atoms with Crippen LogP contribution < -0.4 is 10.6 Å². The highest BCUT2D eigenvalue weighted by Crippen LogP contribution is 2.14. The predicted molar refractivity (Wildman–Crippen MR) is 87.2 cm³/mol. The Morgan fingerprint density at radius 2 is 1.95 bits per heavy atom. The normalized spacial score (nSPS) is 17.4. The molecule has 1 aromatic rings. The van der Waals surface area contributed by atoms with Crippen molar-refractivity contribution in [2.24, 2.45) is 5.92 Å². The number of amides is 1. The summed E-state index contributed by atoms with van der Waals surface area (Å²) in [6.45, 7) is 4.13. The Morgan fingerprint density at radius 1 is 1.24 bits per heavy atom. The number of nitrogens with one attached hydrogen (secondary N) is 2. The summed E-state index contributed by atoms with van der Waals surface area (Å²) < 4.78 is 0. The van der Waals surface area contributed by atoms with Crippen LogP contribution in [-0.4, -0.2) is 25.0 Å². The fraction of sp³-hybridized carbons (Fsp3) is 0.611. The van der Waals surface area contributed by atoms with E-state index in [1.54, 1.807) is 0 Å². The van der Waals surface area contributed by atoms with Crippen molar-refractivity contribution in [3.8, 4) is 0 Å². The van der Waals surface area contributed by atoms with E-state index in [0.29, 0.717) is 6.04 Å². The van der Waals surface area contributed by atoms with Gasteiger partial charge in [0, 0.05) is 12.0 Å². The Balaban J connectivity index is 1.81. The lowest BCUT2D eigenvalue weighted by Gasteiger charge is -2.25. The molecular formula is C18H28N2O. The van der Waals surface area contributed by atoms with Gasteiger partial charge in [-0.15, -0.1) is 0 Å². The van der Waals surface area contributed by atoms with Gasteiger partial charge in [-0.05, 0) is 50.8 Å². The van der Waals surface area contributed by atoms with E-state index < -0.39 is 0 Å². The topological polar surface area (TPSA) is 41.1 Å². The molecule has 3 heteroatoms. The van der Waals surface area contributed by atoms with Crippen molar-refractivity contribution in [3.63, 3.8) is 0 Å². The summed E-state index contributed by atoms with van der Waals surface area (Å²) in [5.41, 5.74) is 1.36. The molecule has 1 fully saturated rings. The molecule has 1 aromatic carbocycles. The maximum atomic E-state index is 12.4.